The van der Waals surface area contributed by atoms with Crippen molar-refractivity contribution in [1.82, 2.24) is 9.97 Å². The van der Waals surface area contributed by atoms with Crippen LogP contribution in [0.25, 0.3) is 0 Å². The van der Waals surface area contributed by atoms with Crippen LogP contribution in [0.3, 0.4) is 0 Å². The molecule has 2 aromatic heterocycles. The fourth-order valence-electron chi connectivity index (χ4n) is 1.23. The summed E-state index contributed by atoms with van der Waals surface area (Å²) in [6, 6.07) is 2.36. The molecule has 1 unspecified atom stereocenters. The van der Waals surface area contributed by atoms with Crippen LogP contribution < -0.4 is 5.32 Å². The van der Waals surface area contributed by atoms with Crippen LogP contribution in [0.15, 0.2) is 33.8 Å². The Balaban J connectivity index is 2.13. The number of aromatic nitrogens is 2. The molecule has 5 heteroatoms. The summed E-state index contributed by atoms with van der Waals surface area (Å²) in [7, 11) is 0. The van der Waals surface area contributed by atoms with Gasteiger partial charge in [-0.25, -0.2) is 9.97 Å². The second-order valence-corrected chi connectivity index (χ2v) is 4.78. The Hall–Kier alpha value is -0.940. The van der Waals surface area contributed by atoms with Gasteiger partial charge < -0.3 is 5.32 Å². The maximum absolute atomic E-state index is 4.16. The van der Waals surface area contributed by atoms with Gasteiger partial charge in [0.25, 0.3) is 0 Å². The van der Waals surface area contributed by atoms with E-state index in [2.05, 4.69) is 55.0 Å². The minimum absolute atomic E-state index is 0.252. The number of hydrogen-bond acceptors (Lipinski definition) is 4. The molecule has 0 bridgehead atoms. The normalized spacial score (nSPS) is 12.4. The van der Waals surface area contributed by atoms with Gasteiger partial charge >= 0.3 is 0 Å². The molecule has 0 saturated carbocycles. The summed E-state index contributed by atoms with van der Waals surface area (Å²) in [4.78, 5) is 8.08. The molecule has 0 fully saturated rings. The molecule has 3 nitrogen and oxygen atoms in total. The molecule has 0 radical (unpaired) electrons. The van der Waals surface area contributed by atoms with E-state index < -0.39 is 0 Å². The predicted molar refractivity (Wildman–Crippen MR) is 66.1 cm³/mol. The molecule has 0 saturated heterocycles. The van der Waals surface area contributed by atoms with Gasteiger partial charge in [0.1, 0.15) is 12.1 Å². The van der Waals surface area contributed by atoms with E-state index >= 15 is 0 Å². The standard InChI is InChI=1S/C10H10BrN3S/c1-7(8-2-3-15-5-8)14-10-9(11)4-12-6-13-10/h2-7H,1H3,(H,12,13,14). The lowest BCUT2D eigenvalue weighted by atomic mass is 10.2. The Bertz CT molecular complexity index is 430. The molecule has 15 heavy (non-hydrogen) atoms. The van der Waals surface area contributed by atoms with E-state index in [1.807, 2.05) is 0 Å². The zero-order valence-corrected chi connectivity index (χ0v) is 10.5. The first-order valence-corrected chi connectivity index (χ1v) is 6.25. The molecular formula is C10H10BrN3S. The SMILES string of the molecule is CC(Nc1ncncc1Br)c1ccsc1. The second kappa shape index (κ2) is 4.72. The highest BCUT2D eigenvalue weighted by Crippen LogP contribution is 2.24. The van der Waals surface area contributed by atoms with Crippen LogP contribution in [0.4, 0.5) is 5.82 Å². The van der Waals surface area contributed by atoms with Crippen molar-refractivity contribution in [2.45, 2.75) is 13.0 Å². The first-order chi connectivity index (χ1) is 7.27. The summed E-state index contributed by atoms with van der Waals surface area (Å²) in [6.45, 7) is 2.11. The molecule has 2 heterocycles. The fraction of sp³-hybridized carbons (Fsp3) is 0.200. The number of anilines is 1. The summed E-state index contributed by atoms with van der Waals surface area (Å²) >= 11 is 5.10. The van der Waals surface area contributed by atoms with Crippen molar-refractivity contribution in [3.8, 4) is 0 Å². The van der Waals surface area contributed by atoms with E-state index in [1.165, 1.54) is 11.9 Å². The molecule has 78 valence electrons. The Labute approximate surface area is 101 Å². The highest BCUT2D eigenvalue weighted by molar-refractivity contribution is 9.10. The number of halogens is 1. The largest absolute Gasteiger partial charge is 0.362 e. The van der Waals surface area contributed by atoms with E-state index in [-0.39, 0.29) is 6.04 Å². The molecule has 0 aliphatic heterocycles. The first-order valence-electron chi connectivity index (χ1n) is 4.51. The first kappa shape index (κ1) is 10.6. The minimum Gasteiger partial charge on any atom is -0.362 e. The zero-order valence-electron chi connectivity index (χ0n) is 8.14. The van der Waals surface area contributed by atoms with Crippen molar-refractivity contribution < 1.29 is 0 Å². The van der Waals surface area contributed by atoms with E-state index in [9.17, 15) is 0 Å². The lowest BCUT2D eigenvalue weighted by Gasteiger charge is -2.13. The molecule has 2 rings (SSSR count). The van der Waals surface area contributed by atoms with Crippen LogP contribution in [-0.4, -0.2) is 9.97 Å². The Morgan fingerprint density at radius 2 is 2.40 bits per heavy atom. The third-order valence-electron chi connectivity index (χ3n) is 2.06. The molecule has 0 amide bonds. The van der Waals surface area contributed by atoms with Gasteiger partial charge in [-0.05, 0) is 45.2 Å². The van der Waals surface area contributed by atoms with Crippen LogP contribution in [-0.2, 0) is 0 Å². The lowest BCUT2D eigenvalue weighted by molar-refractivity contribution is 0.875. The van der Waals surface area contributed by atoms with Crippen molar-refractivity contribution in [1.29, 1.82) is 0 Å². The quantitative estimate of drug-likeness (QED) is 0.937. The maximum atomic E-state index is 4.16. The lowest BCUT2D eigenvalue weighted by Crippen LogP contribution is -2.07. The number of rotatable bonds is 3. The van der Waals surface area contributed by atoms with Crippen molar-refractivity contribution >= 4 is 33.1 Å². The number of nitrogens with one attached hydrogen (secondary N) is 1. The van der Waals surface area contributed by atoms with Gasteiger partial charge in [-0.15, -0.1) is 0 Å². The molecule has 0 aliphatic rings. The van der Waals surface area contributed by atoms with E-state index in [4.69, 9.17) is 0 Å². The average molecular weight is 284 g/mol. The summed E-state index contributed by atoms with van der Waals surface area (Å²) in [5.41, 5.74) is 1.27. The second-order valence-electron chi connectivity index (χ2n) is 3.14. The maximum Gasteiger partial charge on any atom is 0.144 e. The van der Waals surface area contributed by atoms with Gasteiger partial charge in [0.15, 0.2) is 0 Å². The summed E-state index contributed by atoms with van der Waals surface area (Å²) in [5.74, 6) is 0.823. The fourth-order valence-corrected chi connectivity index (χ4v) is 2.32. The zero-order chi connectivity index (χ0) is 10.7. The number of hydrogen-bond donors (Lipinski definition) is 1. The van der Waals surface area contributed by atoms with Gasteiger partial charge in [-0.2, -0.15) is 11.3 Å². The van der Waals surface area contributed by atoms with E-state index in [1.54, 1.807) is 17.5 Å². The van der Waals surface area contributed by atoms with Crippen molar-refractivity contribution in [3.63, 3.8) is 0 Å². The van der Waals surface area contributed by atoms with E-state index in [0.29, 0.717) is 0 Å². The predicted octanol–water partition coefficient (Wildman–Crippen LogP) is 3.47. The average Bonchev–Trinajstić information content (AvgIpc) is 2.74. The van der Waals surface area contributed by atoms with Crippen molar-refractivity contribution in [2.24, 2.45) is 0 Å². The Morgan fingerprint density at radius 3 is 3.07 bits per heavy atom. The summed E-state index contributed by atoms with van der Waals surface area (Å²) in [6.07, 6.45) is 3.27. The smallest absolute Gasteiger partial charge is 0.144 e. The summed E-state index contributed by atoms with van der Waals surface area (Å²) < 4.78 is 0.882. The van der Waals surface area contributed by atoms with Gasteiger partial charge in [-0.1, -0.05) is 0 Å². The van der Waals surface area contributed by atoms with Gasteiger partial charge in [0.05, 0.1) is 10.5 Å². The molecule has 2 aromatic rings. The number of nitrogens with zero attached hydrogens (tertiary/aromatic N) is 2. The minimum atomic E-state index is 0.252. The Morgan fingerprint density at radius 1 is 1.53 bits per heavy atom. The topological polar surface area (TPSA) is 37.8 Å². The van der Waals surface area contributed by atoms with Crippen LogP contribution in [0.5, 0.6) is 0 Å². The van der Waals surface area contributed by atoms with E-state index in [0.717, 1.165) is 10.3 Å². The third kappa shape index (κ3) is 2.54. The highest BCUT2D eigenvalue weighted by atomic mass is 79.9. The molecular weight excluding hydrogens is 274 g/mol. The monoisotopic (exact) mass is 283 g/mol. The van der Waals surface area contributed by atoms with Gasteiger partial charge in [-0.3, -0.25) is 0 Å². The summed E-state index contributed by atoms with van der Waals surface area (Å²) in [5, 5.41) is 7.52. The molecule has 0 aromatic carbocycles. The van der Waals surface area contributed by atoms with Crippen LogP contribution in [0.1, 0.15) is 18.5 Å². The van der Waals surface area contributed by atoms with Crippen LogP contribution in [0, 0.1) is 0 Å². The van der Waals surface area contributed by atoms with Gasteiger partial charge in [0, 0.05) is 6.20 Å². The molecule has 1 atom stereocenters. The van der Waals surface area contributed by atoms with Crippen molar-refractivity contribution in [2.75, 3.05) is 5.32 Å². The molecule has 0 spiro atoms. The third-order valence-corrected chi connectivity index (χ3v) is 3.35. The molecule has 1 N–H and O–H groups in total. The number of thiophene rings is 1. The van der Waals surface area contributed by atoms with Crippen LogP contribution in [0.2, 0.25) is 0 Å². The van der Waals surface area contributed by atoms with Crippen molar-refractivity contribution in [3.05, 3.63) is 39.4 Å². The molecule has 0 aliphatic carbocycles. The van der Waals surface area contributed by atoms with Crippen LogP contribution >= 0.6 is 27.3 Å². The van der Waals surface area contributed by atoms with Gasteiger partial charge in [0.2, 0.25) is 0 Å². The Kier molecular flexibility index (Phi) is 3.33. The highest BCUT2D eigenvalue weighted by Gasteiger charge is 2.08.